The van der Waals surface area contributed by atoms with Crippen molar-refractivity contribution in [3.05, 3.63) is 65.2 Å². The number of hydrogen-bond donors (Lipinski definition) is 0. The van der Waals surface area contributed by atoms with E-state index in [2.05, 4.69) is 6.07 Å². The van der Waals surface area contributed by atoms with Crippen molar-refractivity contribution in [2.24, 2.45) is 0 Å². The summed E-state index contributed by atoms with van der Waals surface area (Å²) in [6, 6.07) is 17.2. The highest BCUT2D eigenvalue weighted by atomic mass is 16.6. The van der Waals surface area contributed by atoms with Crippen LogP contribution in [0.2, 0.25) is 0 Å². The van der Waals surface area contributed by atoms with Crippen molar-refractivity contribution in [3.63, 3.8) is 0 Å². The zero-order valence-electron chi connectivity index (χ0n) is 12.3. The number of benzene rings is 2. The molecule has 0 aliphatic carbocycles. The highest BCUT2D eigenvalue weighted by Gasteiger charge is 2.33. The lowest BCUT2D eigenvalue weighted by atomic mass is 10.0. The molecule has 0 fully saturated rings. The average molecular weight is 292 g/mol. The van der Waals surface area contributed by atoms with Crippen LogP contribution in [0.4, 0.5) is 10.5 Å². The second-order valence-corrected chi connectivity index (χ2v) is 5.38. The third kappa shape index (κ3) is 2.53. The van der Waals surface area contributed by atoms with Crippen LogP contribution in [0.1, 0.15) is 23.6 Å². The molecule has 0 spiro atoms. The number of nitriles is 1. The van der Waals surface area contributed by atoms with Gasteiger partial charge in [0.05, 0.1) is 17.3 Å². The minimum atomic E-state index is -0.370. The van der Waals surface area contributed by atoms with E-state index in [9.17, 15) is 10.1 Å². The van der Waals surface area contributed by atoms with Gasteiger partial charge >= 0.3 is 6.09 Å². The Bertz CT molecular complexity index is 734. The van der Waals surface area contributed by atoms with Gasteiger partial charge < -0.3 is 4.74 Å². The molecule has 0 radical (unpaired) electrons. The van der Waals surface area contributed by atoms with E-state index in [1.165, 1.54) is 0 Å². The topological polar surface area (TPSA) is 53.3 Å². The fraction of sp³-hybridized carbons (Fsp3) is 0.222. The fourth-order valence-electron chi connectivity index (χ4n) is 2.81. The van der Waals surface area contributed by atoms with Crippen LogP contribution in [0.3, 0.4) is 0 Å². The van der Waals surface area contributed by atoms with Gasteiger partial charge in [0.25, 0.3) is 0 Å². The molecule has 1 amide bonds. The molecule has 110 valence electrons. The number of carbonyl (C=O) groups is 1. The Balaban J connectivity index is 1.78. The van der Waals surface area contributed by atoms with Crippen LogP contribution >= 0.6 is 0 Å². The molecule has 0 aromatic heterocycles. The normalized spacial score (nSPS) is 16.0. The smallest absolute Gasteiger partial charge is 0.414 e. The quantitative estimate of drug-likeness (QED) is 0.849. The number of rotatable bonds is 2. The van der Waals surface area contributed by atoms with Crippen LogP contribution in [-0.4, -0.2) is 12.1 Å². The minimum absolute atomic E-state index is 0.00669. The van der Waals surface area contributed by atoms with Crippen LogP contribution in [0.15, 0.2) is 48.5 Å². The highest BCUT2D eigenvalue weighted by molar-refractivity contribution is 5.91. The maximum atomic E-state index is 12.4. The number of amides is 1. The molecule has 1 aliphatic heterocycles. The van der Waals surface area contributed by atoms with Crippen LogP contribution in [0.5, 0.6) is 0 Å². The molecular weight excluding hydrogens is 276 g/mol. The zero-order chi connectivity index (χ0) is 15.5. The van der Waals surface area contributed by atoms with Crippen molar-refractivity contribution in [2.45, 2.75) is 26.0 Å². The first-order valence-corrected chi connectivity index (χ1v) is 7.22. The lowest BCUT2D eigenvalue weighted by molar-refractivity contribution is 0.145. The molecule has 4 heteroatoms. The lowest BCUT2D eigenvalue weighted by Gasteiger charge is -2.22. The summed E-state index contributed by atoms with van der Waals surface area (Å²) in [6.45, 7) is 2.21. The highest BCUT2D eigenvalue weighted by Crippen LogP contribution is 2.34. The van der Waals surface area contributed by atoms with Crippen molar-refractivity contribution in [3.8, 4) is 6.07 Å². The molecular formula is C18H16N2O2. The molecule has 2 aromatic carbocycles. The van der Waals surface area contributed by atoms with Crippen LogP contribution in [0.25, 0.3) is 0 Å². The van der Waals surface area contributed by atoms with Gasteiger partial charge in [-0.1, -0.05) is 36.4 Å². The Kier molecular flexibility index (Phi) is 3.80. The van der Waals surface area contributed by atoms with E-state index in [0.29, 0.717) is 12.0 Å². The SMILES string of the molecule is CC1Cc2c(C#N)cccc2N1C(=O)OCc1ccccc1. The molecule has 1 aliphatic rings. The van der Waals surface area contributed by atoms with E-state index >= 15 is 0 Å². The molecule has 0 bridgehead atoms. The van der Waals surface area contributed by atoms with Gasteiger partial charge in [0.2, 0.25) is 0 Å². The molecule has 3 rings (SSSR count). The predicted molar refractivity (Wildman–Crippen MR) is 83.4 cm³/mol. The maximum absolute atomic E-state index is 12.4. The summed E-state index contributed by atoms with van der Waals surface area (Å²) in [5.74, 6) is 0. The van der Waals surface area contributed by atoms with Crippen LogP contribution < -0.4 is 4.90 Å². The van der Waals surface area contributed by atoms with Gasteiger partial charge in [0, 0.05) is 6.04 Å². The Labute approximate surface area is 129 Å². The first-order chi connectivity index (χ1) is 10.7. The molecule has 2 aromatic rings. The summed E-state index contributed by atoms with van der Waals surface area (Å²) in [6.07, 6.45) is 0.310. The largest absolute Gasteiger partial charge is 0.444 e. The maximum Gasteiger partial charge on any atom is 0.414 e. The number of hydrogen-bond acceptors (Lipinski definition) is 3. The molecule has 1 atom stereocenters. The minimum Gasteiger partial charge on any atom is -0.444 e. The monoisotopic (exact) mass is 292 g/mol. The second kappa shape index (κ2) is 5.90. The van der Waals surface area contributed by atoms with Gasteiger partial charge in [-0.15, -0.1) is 0 Å². The standard InChI is InChI=1S/C18H16N2O2/c1-13-10-16-15(11-19)8-5-9-17(16)20(13)18(21)22-12-14-6-3-2-4-7-14/h2-9,13H,10,12H2,1H3. The van der Waals surface area contributed by atoms with Crippen molar-refractivity contribution in [1.82, 2.24) is 0 Å². The Morgan fingerprint density at radius 2 is 2.05 bits per heavy atom. The number of anilines is 1. The summed E-state index contributed by atoms with van der Waals surface area (Å²) < 4.78 is 5.42. The lowest BCUT2D eigenvalue weighted by Crippen LogP contribution is -2.36. The van der Waals surface area contributed by atoms with Crippen molar-refractivity contribution in [2.75, 3.05) is 4.90 Å². The molecule has 1 heterocycles. The second-order valence-electron chi connectivity index (χ2n) is 5.38. The average Bonchev–Trinajstić information content (AvgIpc) is 2.89. The van der Waals surface area contributed by atoms with Crippen molar-refractivity contribution >= 4 is 11.8 Å². The van der Waals surface area contributed by atoms with Crippen molar-refractivity contribution in [1.29, 1.82) is 5.26 Å². The van der Waals surface area contributed by atoms with Gasteiger partial charge in [-0.2, -0.15) is 5.26 Å². The Hall–Kier alpha value is -2.80. The first-order valence-electron chi connectivity index (χ1n) is 7.22. The number of nitrogens with zero attached hydrogens (tertiary/aromatic N) is 2. The third-order valence-electron chi connectivity index (χ3n) is 3.87. The molecule has 0 saturated heterocycles. The van der Waals surface area contributed by atoms with Gasteiger partial charge in [0.15, 0.2) is 0 Å². The van der Waals surface area contributed by atoms with E-state index in [1.807, 2.05) is 43.3 Å². The summed E-state index contributed by atoms with van der Waals surface area (Å²) in [5.41, 5.74) is 3.29. The van der Waals surface area contributed by atoms with Crippen molar-refractivity contribution < 1.29 is 9.53 Å². The van der Waals surface area contributed by atoms with E-state index < -0.39 is 0 Å². The van der Waals surface area contributed by atoms with Gasteiger partial charge in [-0.25, -0.2) is 4.79 Å². The molecule has 22 heavy (non-hydrogen) atoms. The molecule has 1 unspecified atom stereocenters. The summed E-state index contributed by atoms with van der Waals surface area (Å²) in [5, 5.41) is 9.18. The Morgan fingerprint density at radius 3 is 2.77 bits per heavy atom. The number of carbonyl (C=O) groups excluding carboxylic acids is 1. The van der Waals surface area contributed by atoms with E-state index in [0.717, 1.165) is 16.8 Å². The van der Waals surface area contributed by atoms with Gasteiger partial charge in [-0.05, 0) is 36.6 Å². The van der Waals surface area contributed by atoms with E-state index in [4.69, 9.17) is 4.74 Å². The van der Waals surface area contributed by atoms with E-state index in [-0.39, 0.29) is 18.7 Å². The van der Waals surface area contributed by atoms with Gasteiger partial charge in [0.1, 0.15) is 6.61 Å². The molecule has 4 nitrogen and oxygen atoms in total. The summed E-state index contributed by atoms with van der Waals surface area (Å²) >= 11 is 0. The third-order valence-corrected chi connectivity index (χ3v) is 3.87. The van der Waals surface area contributed by atoms with Crippen LogP contribution in [-0.2, 0) is 17.8 Å². The summed E-state index contributed by atoms with van der Waals surface area (Å²) in [4.78, 5) is 14.1. The summed E-state index contributed by atoms with van der Waals surface area (Å²) in [7, 11) is 0. The fourth-order valence-corrected chi connectivity index (χ4v) is 2.81. The number of fused-ring (bicyclic) bond motifs is 1. The first kappa shape index (κ1) is 14.2. The zero-order valence-corrected chi connectivity index (χ0v) is 12.3. The van der Waals surface area contributed by atoms with E-state index in [1.54, 1.807) is 17.0 Å². The number of ether oxygens (including phenoxy) is 1. The molecule has 0 N–H and O–H groups in total. The molecule has 0 saturated carbocycles. The Morgan fingerprint density at radius 1 is 1.27 bits per heavy atom. The van der Waals surface area contributed by atoms with Gasteiger partial charge in [-0.3, -0.25) is 4.90 Å². The van der Waals surface area contributed by atoms with Crippen LogP contribution in [0, 0.1) is 11.3 Å². The predicted octanol–water partition coefficient (Wildman–Crippen LogP) is 3.65.